The molecule has 5 nitrogen and oxygen atoms in total. The molecule has 0 saturated heterocycles. The molecule has 0 amide bonds. The molecule has 2 aromatic heterocycles. The van der Waals surface area contributed by atoms with Gasteiger partial charge in [0.25, 0.3) is 0 Å². The van der Waals surface area contributed by atoms with Crippen LogP contribution in [0.2, 0.25) is 0 Å². The number of aryl methyl sites for hydroxylation is 1. The molecule has 0 radical (unpaired) electrons. The molecule has 0 aliphatic rings. The summed E-state index contributed by atoms with van der Waals surface area (Å²) >= 11 is 4.65. The molecule has 0 aliphatic heterocycles. The smallest absolute Gasteiger partial charge is 0.349 e. The van der Waals surface area contributed by atoms with Crippen molar-refractivity contribution in [1.29, 1.82) is 0 Å². The van der Waals surface area contributed by atoms with Crippen molar-refractivity contribution in [1.82, 2.24) is 9.78 Å². The Kier molecular flexibility index (Phi) is 5.34. The molecule has 2 heterocycles. The Morgan fingerprint density at radius 3 is 2.48 bits per heavy atom. The van der Waals surface area contributed by atoms with Gasteiger partial charge in [-0.15, -0.1) is 11.3 Å². The summed E-state index contributed by atoms with van der Waals surface area (Å²) in [5, 5.41) is 5.47. The average Bonchev–Trinajstić information content (AvgIpc) is 3.29. The van der Waals surface area contributed by atoms with E-state index in [0.29, 0.717) is 10.4 Å². The zero-order valence-electron chi connectivity index (χ0n) is 15.8. The van der Waals surface area contributed by atoms with E-state index in [9.17, 15) is 9.59 Å². The van der Waals surface area contributed by atoms with Gasteiger partial charge in [-0.2, -0.15) is 5.10 Å². The number of carbonyl (C=O) groups excluding carboxylic acids is 2. The highest BCUT2D eigenvalue weighted by Gasteiger charge is 2.23. The third kappa shape index (κ3) is 3.88. The number of hydrogen-bond acceptors (Lipinski definition) is 5. The van der Waals surface area contributed by atoms with Gasteiger partial charge in [0.05, 0.1) is 11.4 Å². The van der Waals surface area contributed by atoms with Gasteiger partial charge in [0.15, 0.2) is 6.10 Å². The number of fused-ring (bicyclic) bond motifs is 1. The number of benzene rings is 2. The SMILES string of the molecule is Cc1nn(-c2ccccc2)c2sc(C(=O)O[C@H](C)C(=O)c3ccc(Br)cc3)cc12. The number of thiophene rings is 1. The first-order valence-electron chi connectivity index (χ1n) is 8.99. The van der Waals surface area contributed by atoms with Gasteiger partial charge in [0.2, 0.25) is 5.78 Å². The van der Waals surface area contributed by atoms with Crippen molar-refractivity contribution >= 4 is 49.2 Å². The number of ketones is 1. The number of aromatic nitrogens is 2. The van der Waals surface area contributed by atoms with Gasteiger partial charge in [-0.05, 0) is 44.2 Å². The van der Waals surface area contributed by atoms with E-state index in [4.69, 9.17) is 4.74 Å². The summed E-state index contributed by atoms with van der Waals surface area (Å²) in [6, 6.07) is 18.5. The first-order chi connectivity index (χ1) is 13.9. The van der Waals surface area contributed by atoms with Crippen molar-refractivity contribution in [3.63, 3.8) is 0 Å². The summed E-state index contributed by atoms with van der Waals surface area (Å²) in [7, 11) is 0. The standard InChI is InChI=1S/C22H17BrN2O3S/c1-13-18-12-19(29-21(18)25(24-13)17-6-4-3-5-7-17)22(27)28-14(2)20(26)15-8-10-16(23)11-9-15/h3-12,14H,1-2H3/t14-/m1/s1. The Balaban J connectivity index is 1.57. The fraction of sp³-hybridized carbons (Fsp3) is 0.136. The van der Waals surface area contributed by atoms with Crippen molar-refractivity contribution in [2.75, 3.05) is 0 Å². The van der Waals surface area contributed by atoms with Crippen LogP contribution in [-0.4, -0.2) is 27.6 Å². The topological polar surface area (TPSA) is 61.2 Å². The Morgan fingerprint density at radius 2 is 1.79 bits per heavy atom. The van der Waals surface area contributed by atoms with Crippen LogP contribution in [0.25, 0.3) is 15.9 Å². The lowest BCUT2D eigenvalue weighted by Crippen LogP contribution is -2.24. The first kappa shape index (κ1) is 19.5. The maximum absolute atomic E-state index is 12.7. The van der Waals surface area contributed by atoms with E-state index in [1.54, 1.807) is 37.3 Å². The van der Waals surface area contributed by atoms with Crippen LogP contribution >= 0.6 is 27.3 Å². The van der Waals surface area contributed by atoms with Gasteiger partial charge >= 0.3 is 5.97 Å². The van der Waals surface area contributed by atoms with E-state index < -0.39 is 12.1 Å². The summed E-state index contributed by atoms with van der Waals surface area (Å²) in [5.74, 6) is -0.748. The average molecular weight is 469 g/mol. The lowest BCUT2D eigenvalue weighted by atomic mass is 10.1. The molecule has 0 unspecified atom stereocenters. The van der Waals surface area contributed by atoms with E-state index in [0.717, 1.165) is 26.1 Å². The molecule has 0 aliphatic carbocycles. The lowest BCUT2D eigenvalue weighted by Gasteiger charge is -2.11. The van der Waals surface area contributed by atoms with E-state index in [1.165, 1.54) is 11.3 Å². The van der Waals surface area contributed by atoms with Crippen LogP contribution in [0.5, 0.6) is 0 Å². The number of carbonyl (C=O) groups is 2. The van der Waals surface area contributed by atoms with Gasteiger partial charge < -0.3 is 4.74 Å². The minimum absolute atomic E-state index is 0.237. The van der Waals surface area contributed by atoms with Gasteiger partial charge in [-0.3, -0.25) is 4.79 Å². The van der Waals surface area contributed by atoms with Gasteiger partial charge in [-0.1, -0.05) is 46.3 Å². The molecule has 0 fully saturated rings. The molecule has 0 spiro atoms. The Bertz CT molecular complexity index is 1200. The van der Waals surface area contributed by atoms with E-state index >= 15 is 0 Å². The quantitative estimate of drug-likeness (QED) is 0.283. The summed E-state index contributed by atoms with van der Waals surface area (Å²) < 4.78 is 8.15. The van der Waals surface area contributed by atoms with Crippen LogP contribution in [0.1, 0.15) is 32.6 Å². The molecule has 0 saturated carbocycles. The van der Waals surface area contributed by atoms with Crippen LogP contribution in [-0.2, 0) is 4.74 Å². The van der Waals surface area contributed by atoms with Crippen LogP contribution in [0.15, 0.2) is 65.1 Å². The zero-order chi connectivity index (χ0) is 20.5. The number of rotatable bonds is 5. The molecule has 2 aromatic carbocycles. The van der Waals surface area contributed by atoms with E-state index in [1.807, 2.05) is 41.9 Å². The van der Waals surface area contributed by atoms with Crippen LogP contribution < -0.4 is 0 Å². The molecule has 4 rings (SSSR count). The summed E-state index contributed by atoms with van der Waals surface area (Å²) in [4.78, 5) is 26.5. The van der Waals surface area contributed by atoms with E-state index in [2.05, 4.69) is 21.0 Å². The Hall–Kier alpha value is -2.77. The number of para-hydroxylation sites is 1. The third-order valence-corrected chi connectivity index (χ3v) is 6.15. The highest BCUT2D eigenvalue weighted by atomic mass is 79.9. The van der Waals surface area contributed by atoms with Crippen molar-refractivity contribution in [3.05, 3.63) is 81.3 Å². The highest BCUT2D eigenvalue weighted by molar-refractivity contribution is 9.10. The van der Waals surface area contributed by atoms with Gasteiger partial charge in [0, 0.05) is 15.4 Å². The predicted molar refractivity (Wildman–Crippen MR) is 117 cm³/mol. The molecule has 29 heavy (non-hydrogen) atoms. The predicted octanol–water partition coefficient (Wildman–Crippen LogP) is 5.59. The van der Waals surface area contributed by atoms with Crippen LogP contribution in [0.3, 0.4) is 0 Å². The largest absolute Gasteiger partial charge is 0.450 e. The maximum atomic E-state index is 12.7. The van der Waals surface area contributed by atoms with Crippen molar-refractivity contribution < 1.29 is 14.3 Å². The second kappa shape index (κ2) is 7.93. The number of Topliss-reactive ketones (excluding diaryl/α,β-unsaturated/α-hetero) is 1. The van der Waals surface area contributed by atoms with Crippen molar-refractivity contribution in [2.24, 2.45) is 0 Å². The van der Waals surface area contributed by atoms with Crippen LogP contribution in [0, 0.1) is 6.92 Å². The molecule has 0 bridgehead atoms. The number of esters is 1. The number of nitrogens with zero attached hydrogens (tertiary/aromatic N) is 2. The number of ether oxygens (including phenoxy) is 1. The lowest BCUT2D eigenvalue weighted by molar-refractivity contribution is 0.0323. The van der Waals surface area contributed by atoms with Gasteiger partial charge in [0.1, 0.15) is 9.71 Å². The molecule has 146 valence electrons. The number of halogens is 1. The third-order valence-electron chi connectivity index (χ3n) is 4.53. The van der Waals surface area contributed by atoms with Crippen molar-refractivity contribution in [2.45, 2.75) is 20.0 Å². The second-order valence-corrected chi connectivity index (χ2v) is 8.53. The monoisotopic (exact) mass is 468 g/mol. The zero-order valence-corrected chi connectivity index (χ0v) is 18.2. The van der Waals surface area contributed by atoms with Gasteiger partial charge in [-0.25, -0.2) is 9.48 Å². The molecule has 4 aromatic rings. The normalized spacial score (nSPS) is 12.1. The fourth-order valence-corrected chi connectivity index (χ4v) is 4.34. The molecule has 0 N–H and O–H groups in total. The molecular formula is C22H17BrN2O3S. The molecular weight excluding hydrogens is 452 g/mol. The fourth-order valence-electron chi connectivity index (χ4n) is 3.01. The first-order valence-corrected chi connectivity index (χ1v) is 10.6. The summed E-state index contributed by atoms with van der Waals surface area (Å²) in [6.07, 6.45) is -0.874. The highest BCUT2D eigenvalue weighted by Crippen LogP contribution is 2.31. The molecule has 7 heteroatoms. The Morgan fingerprint density at radius 1 is 1.10 bits per heavy atom. The summed E-state index contributed by atoms with van der Waals surface area (Å²) in [5.41, 5.74) is 2.25. The summed E-state index contributed by atoms with van der Waals surface area (Å²) in [6.45, 7) is 3.50. The van der Waals surface area contributed by atoms with Crippen molar-refractivity contribution in [3.8, 4) is 5.69 Å². The van der Waals surface area contributed by atoms with Crippen LogP contribution in [0.4, 0.5) is 0 Å². The number of hydrogen-bond donors (Lipinski definition) is 0. The van der Waals surface area contributed by atoms with E-state index in [-0.39, 0.29) is 5.78 Å². The molecule has 1 atom stereocenters. The second-order valence-electron chi connectivity index (χ2n) is 6.58. The maximum Gasteiger partial charge on any atom is 0.349 e. The minimum Gasteiger partial charge on any atom is -0.450 e. The Labute approximate surface area is 180 Å². The minimum atomic E-state index is -0.874.